The fourth-order valence-corrected chi connectivity index (χ4v) is 6.43. The molecule has 2 saturated heterocycles. The van der Waals surface area contributed by atoms with Crippen molar-refractivity contribution in [3.05, 3.63) is 24.2 Å². The number of nitrogens with one attached hydrogen (secondary N) is 1. The zero-order chi connectivity index (χ0) is 30.0. The fourth-order valence-electron chi connectivity index (χ4n) is 4.91. The summed E-state index contributed by atoms with van der Waals surface area (Å²) in [4.78, 5) is 23.5. The van der Waals surface area contributed by atoms with Gasteiger partial charge in [-0.05, 0) is 39.7 Å². The molecule has 0 aliphatic carbocycles. The van der Waals surface area contributed by atoms with Gasteiger partial charge in [-0.15, -0.1) is 0 Å². The lowest BCUT2D eigenvalue weighted by Crippen LogP contribution is -2.49. The molecule has 0 aromatic carbocycles. The largest absolute Gasteiger partial charge is 0.419 e. The van der Waals surface area contributed by atoms with Gasteiger partial charge in [-0.3, -0.25) is 14.4 Å². The van der Waals surface area contributed by atoms with Gasteiger partial charge in [0.25, 0.3) is 0 Å². The number of sulfonamides is 1. The molecule has 228 valence electrons. The predicted octanol–water partition coefficient (Wildman–Crippen LogP) is 1.50. The first-order valence-electron chi connectivity index (χ1n) is 13.5. The summed E-state index contributed by atoms with van der Waals surface area (Å²) >= 11 is 0. The molecule has 0 spiro atoms. The number of hydrogen-bond acceptors (Lipinski definition) is 9. The quantitative estimate of drug-likeness (QED) is 0.415. The van der Waals surface area contributed by atoms with Crippen LogP contribution >= 0.6 is 0 Å². The van der Waals surface area contributed by atoms with Gasteiger partial charge in [0.15, 0.2) is 0 Å². The highest BCUT2D eigenvalue weighted by Crippen LogP contribution is 2.36. The minimum Gasteiger partial charge on any atom is -0.389 e. The number of hydrogen-bond donors (Lipinski definition) is 2. The summed E-state index contributed by atoms with van der Waals surface area (Å²) < 4.78 is 69.8. The molecule has 1 amide bonds. The molecule has 2 aliphatic heterocycles. The van der Waals surface area contributed by atoms with Crippen LogP contribution in [0, 0.1) is 0 Å². The number of alkyl halides is 3. The average molecular weight is 603 g/mol. The Morgan fingerprint density at radius 1 is 1.12 bits per heavy atom. The minimum atomic E-state index is -4.69. The van der Waals surface area contributed by atoms with Crippen molar-refractivity contribution in [3.63, 3.8) is 0 Å². The zero-order valence-corrected chi connectivity index (χ0v) is 24.2. The number of piperazine rings is 1. The van der Waals surface area contributed by atoms with Gasteiger partial charge >= 0.3 is 6.18 Å². The molecule has 0 atom stereocenters. The molecule has 0 unspecified atom stereocenters. The third-order valence-corrected chi connectivity index (χ3v) is 9.10. The average Bonchev–Trinajstić information content (AvgIpc) is 3.32. The van der Waals surface area contributed by atoms with Gasteiger partial charge in [-0.2, -0.15) is 18.3 Å². The van der Waals surface area contributed by atoms with Gasteiger partial charge in [-0.25, -0.2) is 22.7 Å². The number of halogens is 3. The van der Waals surface area contributed by atoms with Gasteiger partial charge < -0.3 is 15.3 Å². The molecule has 16 heteroatoms. The van der Waals surface area contributed by atoms with Gasteiger partial charge in [0.1, 0.15) is 5.56 Å². The number of carbonyl (C=O) groups is 1. The van der Waals surface area contributed by atoms with E-state index in [9.17, 15) is 31.5 Å². The molecule has 2 aliphatic rings. The summed E-state index contributed by atoms with van der Waals surface area (Å²) in [5.41, 5.74) is -2.32. The smallest absolute Gasteiger partial charge is 0.389 e. The molecule has 41 heavy (non-hydrogen) atoms. The van der Waals surface area contributed by atoms with Gasteiger partial charge in [0.05, 0.1) is 36.3 Å². The van der Waals surface area contributed by atoms with Crippen LogP contribution in [0.2, 0.25) is 0 Å². The van der Waals surface area contributed by atoms with Crippen molar-refractivity contribution in [1.82, 2.24) is 33.9 Å². The molecule has 2 aromatic rings. The lowest BCUT2D eigenvalue weighted by molar-refractivity contribution is -0.137. The molecule has 0 radical (unpaired) electrons. The van der Waals surface area contributed by atoms with Crippen molar-refractivity contribution in [2.45, 2.75) is 57.5 Å². The molecule has 0 bridgehead atoms. The van der Waals surface area contributed by atoms with Gasteiger partial charge in [0, 0.05) is 57.2 Å². The Balaban J connectivity index is 1.35. The summed E-state index contributed by atoms with van der Waals surface area (Å²) in [6.07, 6.45) is -0.00347. The predicted molar refractivity (Wildman–Crippen MR) is 145 cm³/mol. The van der Waals surface area contributed by atoms with Crippen molar-refractivity contribution < 1.29 is 31.5 Å². The van der Waals surface area contributed by atoms with E-state index in [1.54, 1.807) is 25.8 Å². The lowest BCUT2D eigenvalue weighted by atomic mass is 10.1. The number of aliphatic hydroxyl groups is 1. The van der Waals surface area contributed by atoms with Crippen molar-refractivity contribution in [1.29, 1.82) is 0 Å². The van der Waals surface area contributed by atoms with E-state index in [2.05, 4.69) is 20.4 Å². The molecule has 4 heterocycles. The maximum absolute atomic E-state index is 13.7. The maximum Gasteiger partial charge on any atom is 0.419 e. The summed E-state index contributed by atoms with van der Waals surface area (Å²) in [6, 6.07) is -0.222. The SMILES string of the molecule is CN1CCN(CCCS(=O)(=O)N2CCC(Nc3ncc(C(F)(F)F)c(-c4cnn(CC(C)(C)O)c4)n3)CC2)CC1=O. The number of piperidine rings is 1. The van der Waals surface area contributed by atoms with E-state index >= 15 is 0 Å². The number of anilines is 1. The molecule has 2 N–H and O–H groups in total. The van der Waals surface area contributed by atoms with Crippen molar-refractivity contribution in [3.8, 4) is 11.3 Å². The highest BCUT2D eigenvalue weighted by Gasteiger charge is 2.36. The van der Waals surface area contributed by atoms with Crippen LogP contribution < -0.4 is 5.32 Å². The Labute approximate surface area is 237 Å². The molecule has 4 rings (SSSR count). The molecular weight excluding hydrogens is 565 g/mol. The van der Waals surface area contributed by atoms with Crippen LogP contribution in [0.1, 0.15) is 38.7 Å². The standard InChI is InChI=1S/C25H37F3N8O4S/c1-24(2,38)17-35-15-18(13-30-35)22-20(25(26,27)28)14-29-23(32-22)31-19-5-8-36(9-6-19)41(39,40)12-4-7-34-11-10-33(3)21(37)16-34/h13-15,19,38H,4-12,16-17H2,1-3H3,(H,29,31,32). The van der Waals surface area contributed by atoms with Crippen LogP contribution in [0.5, 0.6) is 0 Å². The second kappa shape index (κ2) is 12.2. The Bertz CT molecular complexity index is 1320. The Hall–Kier alpha value is -2.82. The first-order chi connectivity index (χ1) is 19.1. The van der Waals surface area contributed by atoms with Crippen LogP contribution in [-0.2, 0) is 27.5 Å². The summed E-state index contributed by atoms with van der Waals surface area (Å²) in [7, 11) is -1.73. The zero-order valence-electron chi connectivity index (χ0n) is 23.4. The van der Waals surface area contributed by atoms with E-state index < -0.39 is 27.4 Å². The number of carbonyl (C=O) groups excluding carboxylic acids is 1. The van der Waals surface area contributed by atoms with Crippen LogP contribution in [0.3, 0.4) is 0 Å². The Morgan fingerprint density at radius 2 is 1.83 bits per heavy atom. The first kappa shape index (κ1) is 31.1. The lowest BCUT2D eigenvalue weighted by Gasteiger charge is -2.33. The fraction of sp³-hybridized carbons (Fsp3) is 0.680. The third-order valence-electron chi connectivity index (χ3n) is 7.14. The highest BCUT2D eigenvalue weighted by atomic mass is 32.2. The van der Waals surface area contributed by atoms with Crippen molar-refractivity contribution in [2.75, 3.05) is 57.4 Å². The van der Waals surface area contributed by atoms with E-state index in [1.165, 1.54) is 21.4 Å². The summed E-state index contributed by atoms with van der Waals surface area (Å²) in [6.45, 7) is 5.92. The molecule has 2 aromatic heterocycles. The normalized spacial score (nSPS) is 18.7. The summed E-state index contributed by atoms with van der Waals surface area (Å²) in [5.74, 6) is 0.0166. The van der Waals surface area contributed by atoms with E-state index in [4.69, 9.17) is 0 Å². The van der Waals surface area contributed by atoms with E-state index in [-0.39, 0.29) is 54.5 Å². The van der Waals surface area contributed by atoms with Crippen LogP contribution in [0.4, 0.5) is 19.1 Å². The maximum atomic E-state index is 13.7. The number of amides is 1. The van der Waals surface area contributed by atoms with Crippen molar-refractivity contribution >= 4 is 21.9 Å². The van der Waals surface area contributed by atoms with E-state index in [0.29, 0.717) is 38.9 Å². The molecule has 0 saturated carbocycles. The Kier molecular flexibility index (Phi) is 9.26. The number of rotatable bonds is 10. The first-order valence-corrected chi connectivity index (χ1v) is 15.1. The summed E-state index contributed by atoms with van der Waals surface area (Å²) in [5, 5.41) is 17.1. The number of aromatic nitrogens is 4. The number of likely N-dealkylation sites (N-methyl/N-ethyl adjacent to an activating group) is 1. The van der Waals surface area contributed by atoms with Crippen LogP contribution in [0.15, 0.2) is 18.6 Å². The van der Waals surface area contributed by atoms with Crippen molar-refractivity contribution in [2.24, 2.45) is 0 Å². The highest BCUT2D eigenvalue weighted by molar-refractivity contribution is 7.89. The third kappa shape index (κ3) is 8.36. The van der Waals surface area contributed by atoms with Crippen LogP contribution in [0.25, 0.3) is 11.3 Å². The molecule has 12 nitrogen and oxygen atoms in total. The Morgan fingerprint density at radius 3 is 2.46 bits per heavy atom. The van der Waals surface area contributed by atoms with Gasteiger partial charge in [0.2, 0.25) is 21.9 Å². The second-order valence-corrected chi connectivity index (χ2v) is 13.4. The van der Waals surface area contributed by atoms with Crippen LogP contribution in [-0.4, -0.2) is 117 Å². The van der Waals surface area contributed by atoms with E-state index in [0.717, 1.165) is 12.7 Å². The second-order valence-electron chi connectivity index (χ2n) is 11.3. The van der Waals surface area contributed by atoms with Gasteiger partial charge in [-0.1, -0.05) is 0 Å². The minimum absolute atomic E-state index is 0.00580. The molecule has 2 fully saturated rings. The molecular formula is C25H37F3N8O4S. The van der Waals surface area contributed by atoms with E-state index in [1.807, 2.05) is 4.90 Å². The topological polar surface area (TPSA) is 137 Å². The monoisotopic (exact) mass is 602 g/mol. The number of nitrogens with zero attached hydrogens (tertiary/aromatic N) is 7.